The lowest BCUT2D eigenvalue weighted by Crippen LogP contribution is -2.63. The van der Waals surface area contributed by atoms with Crippen molar-refractivity contribution in [1.82, 2.24) is 15.5 Å². The number of likely N-dealkylation sites (tertiary alicyclic amines) is 1. The van der Waals surface area contributed by atoms with Gasteiger partial charge in [0.05, 0.1) is 0 Å². The molecule has 2 heterocycles. The second-order valence-corrected chi connectivity index (χ2v) is 11.1. The molecule has 0 atom stereocenters. The summed E-state index contributed by atoms with van der Waals surface area (Å²) in [5.41, 5.74) is -0.365. The second-order valence-electron chi connectivity index (χ2n) is 11.1. The van der Waals surface area contributed by atoms with Gasteiger partial charge >= 0.3 is 11.9 Å². The third kappa shape index (κ3) is 5.44. The van der Waals surface area contributed by atoms with Crippen molar-refractivity contribution in [2.45, 2.75) is 115 Å². The van der Waals surface area contributed by atoms with E-state index in [1.165, 1.54) is 0 Å². The van der Waals surface area contributed by atoms with Gasteiger partial charge in [-0.2, -0.15) is 0 Å². The fraction of sp³-hybridized carbons (Fsp3) is 0.905. The first-order valence-electron chi connectivity index (χ1n) is 10.1. The van der Waals surface area contributed by atoms with E-state index >= 15 is 0 Å². The molecule has 0 saturated carbocycles. The molecule has 0 aromatic heterocycles. The molecule has 156 valence electrons. The van der Waals surface area contributed by atoms with Crippen LogP contribution < -0.4 is 10.6 Å². The minimum atomic E-state index is -0.759. The Morgan fingerprint density at radius 1 is 0.889 bits per heavy atom. The van der Waals surface area contributed by atoms with Crippen LogP contribution in [0.3, 0.4) is 0 Å². The lowest BCUT2D eigenvalue weighted by molar-refractivity contribution is -0.166. The smallest absolute Gasteiger partial charge is 0.397 e. The number of esters is 1. The van der Waals surface area contributed by atoms with Crippen molar-refractivity contribution in [3.63, 3.8) is 0 Å². The van der Waals surface area contributed by atoms with Gasteiger partial charge in [-0.25, -0.2) is 4.79 Å². The number of hydrogen-bond acceptors (Lipinski definition) is 5. The minimum absolute atomic E-state index is 0.0401. The van der Waals surface area contributed by atoms with E-state index in [-0.39, 0.29) is 34.3 Å². The molecule has 27 heavy (non-hydrogen) atoms. The molecular formula is C21H39N3O3. The van der Waals surface area contributed by atoms with Gasteiger partial charge in [-0.3, -0.25) is 9.69 Å². The number of nitrogens with zero attached hydrogens (tertiary/aromatic N) is 1. The predicted molar refractivity (Wildman–Crippen MR) is 107 cm³/mol. The highest BCUT2D eigenvalue weighted by atomic mass is 16.5. The number of rotatable bonds is 2. The van der Waals surface area contributed by atoms with Crippen LogP contribution >= 0.6 is 0 Å². The molecule has 2 aliphatic heterocycles. The normalized spacial score (nSPS) is 27.7. The molecule has 1 amide bonds. The summed E-state index contributed by atoms with van der Waals surface area (Å²) in [6.45, 7) is 17.1. The molecule has 0 bridgehead atoms. The SMILES string of the molecule is CN1C(C)(C)CC(OC(=O)C(=O)NC2CC(C)(C)NC(C)(C)C2)CC1(C)C. The molecule has 6 heteroatoms. The fourth-order valence-electron chi connectivity index (χ4n) is 5.24. The van der Waals surface area contributed by atoms with Crippen LogP contribution in [0.5, 0.6) is 0 Å². The van der Waals surface area contributed by atoms with Crippen LogP contribution in [0.25, 0.3) is 0 Å². The highest BCUT2D eigenvalue weighted by Crippen LogP contribution is 2.38. The Bertz CT molecular complexity index is 561. The van der Waals surface area contributed by atoms with Crippen molar-refractivity contribution in [3.8, 4) is 0 Å². The summed E-state index contributed by atoms with van der Waals surface area (Å²) in [6, 6.07) is -0.0401. The largest absolute Gasteiger partial charge is 0.455 e. The maximum Gasteiger partial charge on any atom is 0.397 e. The summed E-state index contributed by atoms with van der Waals surface area (Å²) in [4.78, 5) is 27.2. The number of carbonyl (C=O) groups excluding carboxylic acids is 2. The fourth-order valence-corrected chi connectivity index (χ4v) is 5.24. The van der Waals surface area contributed by atoms with Crippen LogP contribution in [0.1, 0.15) is 81.1 Å². The Morgan fingerprint density at radius 3 is 1.78 bits per heavy atom. The first kappa shape index (κ1) is 22.2. The number of amides is 1. The van der Waals surface area contributed by atoms with E-state index in [2.05, 4.69) is 78.0 Å². The topological polar surface area (TPSA) is 70.7 Å². The van der Waals surface area contributed by atoms with E-state index < -0.39 is 11.9 Å². The quantitative estimate of drug-likeness (QED) is 0.568. The van der Waals surface area contributed by atoms with Crippen molar-refractivity contribution in [2.24, 2.45) is 0 Å². The van der Waals surface area contributed by atoms with Gasteiger partial charge in [0, 0.05) is 41.0 Å². The van der Waals surface area contributed by atoms with Gasteiger partial charge in [-0.1, -0.05) is 0 Å². The Morgan fingerprint density at radius 2 is 1.33 bits per heavy atom. The third-order valence-corrected chi connectivity index (χ3v) is 6.25. The summed E-state index contributed by atoms with van der Waals surface area (Å²) in [6.07, 6.45) is 2.76. The van der Waals surface area contributed by atoms with Gasteiger partial charge in [0.2, 0.25) is 0 Å². The molecule has 2 N–H and O–H groups in total. The first-order valence-corrected chi connectivity index (χ1v) is 10.1. The zero-order valence-electron chi connectivity index (χ0n) is 18.7. The average molecular weight is 382 g/mol. The lowest BCUT2D eigenvalue weighted by atomic mass is 9.78. The van der Waals surface area contributed by atoms with Crippen LogP contribution in [-0.4, -0.2) is 58.1 Å². The molecule has 2 rings (SSSR count). The Hall–Kier alpha value is -1.14. The average Bonchev–Trinajstić information content (AvgIpc) is 2.40. The molecule has 0 aliphatic carbocycles. The van der Waals surface area contributed by atoms with E-state index in [1.54, 1.807) is 0 Å². The summed E-state index contributed by atoms with van der Waals surface area (Å²) in [5.74, 6) is -1.38. The van der Waals surface area contributed by atoms with E-state index in [9.17, 15) is 9.59 Å². The van der Waals surface area contributed by atoms with Gasteiger partial charge in [-0.05, 0) is 75.3 Å². The second kappa shape index (κ2) is 7.03. The Labute approximate surface area is 164 Å². The monoisotopic (exact) mass is 381 g/mol. The molecule has 0 radical (unpaired) electrons. The summed E-state index contributed by atoms with van der Waals surface area (Å²) in [5, 5.41) is 6.49. The van der Waals surface area contributed by atoms with Crippen molar-refractivity contribution in [2.75, 3.05) is 7.05 Å². The van der Waals surface area contributed by atoms with Crippen LogP contribution in [0, 0.1) is 0 Å². The Balaban J connectivity index is 1.97. The summed E-state index contributed by atoms with van der Waals surface area (Å²) < 4.78 is 5.62. The number of piperidine rings is 2. The third-order valence-electron chi connectivity index (χ3n) is 6.25. The molecular weight excluding hydrogens is 342 g/mol. The molecule has 2 saturated heterocycles. The molecule has 0 spiro atoms. The number of hydrogen-bond donors (Lipinski definition) is 2. The van der Waals surface area contributed by atoms with Gasteiger partial charge in [-0.15, -0.1) is 0 Å². The maximum atomic E-state index is 12.5. The van der Waals surface area contributed by atoms with E-state index in [1.807, 2.05) is 0 Å². The molecule has 0 aromatic rings. The van der Waals surface area contributed by atoms with Crippen LogP contribution in [0.15, 0.2) is 0 Å². The minimum Gasteiger partial charge on any atom is -0.455 e. The van der Waals surface area contributed by atoms with Gasteiger partial charge < -0.3 is 15.4 Å². The molecule has 2 aliphatic rings. The van der Waals surface area contributed by atoms with Gasteiger partial charge in [0.25, 0.3) is 0 Å². The zero-order chi connectivity index (χ0) is 20.8. The van der Waals surface area contributed by atoms with Crippen molar-refractivity contribution in [1.29, 1.82) is 0 Å². The number of ether oxygens (including phenoxy) is 1. The molecule has 2 fully saturated rings. The lowest BCUT2D eigenvalue weighted by Gasteiger charge is -2.53. The predicted octanol–water partition coefficient (Wildman–Crippen LogP) is 2.61. The number of carbonyl (C=O) groups is 2. The highest BCUT2D eigenvalue weighted by Gasteiger charge is 2.45. The van der Waals surface area contributed by atoms with Crippen molar-refractivity contribution in [3.05, 3.63) is 0 Å². The van der Waals surface area contributed by atoms with Crippen LogP contribution in [0.4, 0.5) is 0 Å². The first-order chi connectivity index (χ1) is 12.0. The molecule has 0 aromatic carbocycles. The standard InChI is InChI=1S/C21H39N3O3/c1-18(2)10-14(11-19(3,4)23-18)22-16(25)17(26)27-15-12-20(5,6)24(9)21(7,8)13-15/h14-15,23H,10-13H2,1-9H3,(H,22,25). The van der Waals surface area contributed by atoms with Gasteiger partial charge in [0.1, 0.15) is 6.10 Å². The van der Waals surface area contributed by atoms with E-state index in [0.29, 0.717) is 0 Å². The van der Waals surface area contributed by atoms with E-state index in [0.717, 1.165) is 25.7 Å². The summed E-state index contributed by atoms with van der Waals surface area (Å²) in [7, 11) is 2.10. The zero-order valence-corrected chi connectivity index (χ0v) is 18.7. The highest BCUT2D eigenvalue weighted by molar-refractivity contribution is 6.32. The van der Waals surface area contributed by atoms with Crippen LogP contribution in [0.2, 0.25) is 0 Å². The Kier molecular flexibility index (Phi) is 5.77. The van der Waals surface area contributed by atoms with Crippen molar-refractivity contribution >= 4 is 11.9 Å². The van der Waals surface area contributed by atoms with Gasteiger partial charge in [0.15, 0.2) is 0 Å². The molecule has 6 nitrogen and oxygen atoms in total. The maximum absolute atomic E-state index is 12.5. The van der Waals surface area contributed by atoms with Crippen molar-refractivity contribution < 1.29 is 14.3 Å². The van der Waals surface area contributed by atoms with E-state index in [4.69, 9.17) is 4.74 Å². The summed E-state index contributed by atoms with van der Waals surface area (Å²) >= 11 is 0. The number of nitrogens with one attached hydrogen (secondary N) is 2. The van der Waals surface area contributed by atoms with Crippen LogP contribution in [-0.2, 0) is 14.3 Å². The molecule has 0 unspecified atom stereocenters.